The number of hydrogen-bond acceptors (Lipinski definition) is 3. The maximum atomic E-state index is 11.2. The Morgan fingerprint density at radius 2 is 1.62 bits per heavy atom. The van der Waals surface area contributed by atoms with Crippen molar-refractivity contribution in [3.05, 3.63) is 0 Å². The van der Waals surface area contributed by atoms with Gasteiger partial charge >= 0.3 is 0 Å². The highest BCUT2D eigenvalue weighted by atomic mass is 32.2. The number of Topliss-reactive ketones (excluding diaryl/α,β-unsaturated/α-hetero) is 1. The van der Waals surface area contributed by atoms with Crippen molar-refractivity contribution in [3.8, 4) is 0 Å². The molecule has 0 radical (unpaired) electrons. The van der Waals surface area contributed by atoms with Crippen LogP contribution in [0.25, 0.3) is 0 Å². The summed E-state index contributed by atoms with van der Waals surface area (Å²) in [5, 5.41) is 0. The van der Waals surface area contributed by atoms with Crippen LogP contribution in [0.4, 0.5) is 0 Å². The fourth-order valence-electron chi connectivity index (χ4n) is 3.09. The Morgan fingerprint density at radius 1 is 1.08 bits per heavy atom. The van der Waals surface area contributed by atoms with Crippen molar-refractivity contribution >= 4 is 29.3 Å². The number of hydrogen-bond donors (Lipinski definition) is 0. The second kappa shape index (κ2) is 2.93. The average Bonchev–Trinajstić information content (AvgIpc) is 2.67. The molecule has 3 aliphatic rings. The monoisotopic (exact) mass is 214 g/mol. The maximum Gasteiger partial charge on any atom is 0.133 e. The Labute approximate surface area is 87.4 Å². The van der Waals surface area contributed by atoms with E-state index < -0.39 is 0 Å². The topological polar surface area (TPSA) is 17.1 Å². The number of thioether (sulfide) groups is 2. The van der Waals surface area contributed by atoms with Crippen LogP contribution in [0.5, 0.6) is 0 Å². The molecule has 0 unspecified atom stereocenters. The van der Waals surface area contributed by atoms with Gasteiger partial charge in [0.15, 0.2) is 0 Å². The van der Waals surface area contributed by atoms with Gasteiger partial charge in [-0.2, -0.15) is 0 Å². The van der Waals surface area contributed by atoms with E-state index in [9.17, 15) is 4.79 Å². The average molecular weight is 214 g/mol. The minimum atomic E-state index is 0.526. The molecule has 3 heteroatoms. The van der Waals surface area contributed by atoms with E-state index in [2.05, 4.69) is 23.5 Å². The van der Waals surface area contributed by atoms with Crippen molar-refractivity contribution in [1.29, 1.82) is 0 Å². The van der Waals surface area contributed by atoms with Crippen LogP contribution in [0.3, 0.4) is 0 Å². The third kappa shape index (κ3) is 1.35. The van der Waals surface area contributed by atoms with Gasteiger partial charge in [-0.1, -0.05) is 0 Å². The molecule has 3 fully saturated rings. The first-order valence-corrected chi connectivity index (χ1v) is 7.04. The van der Waals surface area contributed by atoms with Crippen molar-refractivity contribution in [2.45, 2.75) is 29.8 Å². The molecule has 0 aromatic carbocycles. The summed E-state index contributed by atoms with van der Waals surface area (Å²) in [5.74, 6) is 4.70. The third-order valence-electron chi connectivity index (χ3n) is 3.61. The standard InChI is InChI=1S/C10H14OS2/c11-9-3-7-5-10(6-8(7)4-9)12-1-2-13-10/h7-8H,1-6H2/t7-,8+. The Morgan fingerprint density at radius 3 is 2.15 bits per heavy atom. The predicted molar refractivity (Wildman–Crippen MR) is 58.1 cm³/mol. The van der Waals surface area contributed by atoms with Crippen molar-refractivity contribution in [3.63, 3.8) is 0 Å². The molecule has 0 N–H and O–H groups in total. The Balaban J connectivity index is 1.77. The second-order valence-electron chi connectivity index (χ2n) is 4.48. The molecule has 2 aliphatic carbocycles. The number of carbonyl (C=O) groups is 1. The van der Waals surface area contributed by atoms with Crippen molar-refractivity contribution in [2.75, 3.05) is 11.5 Å². The van der Waals surface area contributed by atoms with Gasteiger partial charge in [-0.15, -0.1) is 23.5 Å². The minimum Gasteiger partial charge on any atom is -0.300 e. The summed E-state index contributed by atoms with van der Waals surface area (Å²) in [6, 6.07) is 0. The highest BCUT2D eigenvalue weighted by Crippen LogP contribution is 2.60. The molecule has 13 heavy (non-hydrogen) atoms. The van der Waals surface area contributed by atoms with Gasteiger partial charge in [0, 0.05) is 24.3 Å². The minimum absolute atomic E-state index is 0.526. The fraction of sp³-hybridized carbons (Fsp3) is 0.900. The zero-order chi connectivity index (χ0) is 8.89. The first-order chi connectivity index (χ1) is 6.27. The lowest BCUT2D eigenvalue weighted by Crippen LogP contribution is -2.13. The molecular formula is C10H14OS2. The summed E-state index contributed by atoms with van der Waals surface area (Å²) < 4.78 is 0.552. The molecule has 1 nitrogen and oxygen atoms in total. The van der Waals surface area contributed by atoms with Gasteiger partial charge < -0.3 is 0 Å². The van der Waals surface area contributed by atoms with E-state index in [4.69, 9.17) is 0 Å². The molecule has 2 atom stereocenters. The Hall–Kier alpha value is 0.370. The molecule has 0 amide bonds. The van der Waals surface area contributed by atoms with Gasteiger partial charge in [-0.25, -0.2) is 0 Å². The lowest BCUT2D eigenvalue weighted by Gasteiger charge is -2.21. The van der Waals surface area contributed by atoms with E-state index >= 15 is 0 Å². The van der Waals surface area contributed by atoms with Crippen LogP contribution in [0, 0.1) is 11.8 Å². The maximum absolute atomic E-state index is 11.2. The predicted octanol–water partition coefficient (Wildman–Crippen LogP) is 2.55. The molecule has 1 aliphatic heterocycles. The highest BCUT2D eigenvalue weighted by molar-refractivity contribution is 8.21. The highest BCUT2D eigenvalue weighted by Gasteiger charge is 2.51. The van der Waals surface area contributed by atoms with E-state index in [1.807, 2.05) is 0 Å². The largest absolute Gasteiger partial charge is 0.300 e. The first kappa shape index (κ1) is 8.66. The van der Waals surface area contributed by atoms with Gasteiger partial charge in [0.25, 0.3) is 0 Å². The van der Waals surface area contributed by atoms with Gasteiger partial charge in [0.05, 0.1) is 4.08 Å². The van der Waals surface area contributed by atoms with Crippen LogP contribution >= 0.6 is 23.5 Å². The second-order valence-corrected chi connectivity index (χ2v) is 7.70. The number of fused-ring (bicyclic) bond motifs is 1. The van der Waals surface area contributed by atoms with Crippen LogP contribution in [0.2, 0.25) is 0 Å². The zero-order valence-electron chi connectivity index (χ0n) is 7.62. The molecular weight excluding hydrogens is 200 g/mol. The van der Waals surface area contributed by atoms with Crippen molar-refractivity contribution in [2.24, 2.45) is 11.8 Å². The van der Waals surface area contributed by atoms with Crippen LogP contribution in [-0.4, -0.2) is 21.4 Å². The molecule has 0 bridgehead atoms. The molecule has 72 valence electrons. The summed E-state index contributed by atoms with van der Waals surface area (Å²) in [4.78, 5) is 11.2. The molecule has 0 aromatic heterocycles. The molecule has 1 heterocycles. The quantitative estimate of drug-likeness (QED) is 0.617. The molecule has 1 saturated heterocycles. The van der Waals surface area contributed by atoms with Gasteiger partial charge in [-0.3, -0.25) is 4.79 Å². The van der Waals surface area contributed by atoms with Crippen molar-refractivity contribution in [1.82, 2.24) is 0 Å². The van der Waals surface area contributed by atoms with Crippen LogP contribution in [-0.2, 0) is 4.79 Å². The lowest BCUT2D eigenvalue weighted by molar-refractivity contribution is -0.117. The molecule has 1 spiro atoms. The number of carbonyl (C=O) groups excluding carboxylic acids is 1. The Kier molecular flexibility index (Phi) is 1.95. The van der Waals surface area contributed by atoms with Gasteiger partial charge in [0.1, 0.15) is 5.78 Å². The summed E-state index contributed by atoms with van der Waals surface area (Å²) in [5.41, 5.74) is 0. The first-order valence-electron chi connectivity index (χ1n) is 5.07. The van der Waals surface area contributed by atoms with Crippen molar-refractivity contribution < 1.29 is 4.79 Å². The van der Waals surface area contributed by atoms with Gasteiger partial charge in [0.2, 0.25) is 0 Å². The van der Waals surface area contributed by atoms with E-state index in [1.165, 1.54) is 24.3 Å². The number of rotatable bonds is 0. The number of ketones is 1. The van der Waals surface area contributed by atoms with Crippen LogP contribution in [0.15, 0.2) is 0 Å². The van der Waals surface area contributed by atoms with E-state index in [1.54, 1.807) is 0 Å². The van der Waals surface area contributed by atoms with Crippen LogP contribution < -0.4 is 0 Å². The lowest BCUT2D eigenvalue weighted by atomic mass is 10.0. The summed E-state index contributed by atoms with van der Waals surface area (Å²) in [6.45, 7) is 0. The summed E-state index contributed by atoms with van der Waals surface area (Å²) >= 11 is 4.32. The summed E-state index contributed by atoms with van der Waals surface area (Å²) in [6.07, 6.45) is 4.43. The smallest absolute Gasteiger partial charge is 0.133 e. The van der Waals surface area contributed by atoms with E-state index in [-0.39, 0.29) is 0 Å². The molecule has 0 aromatic rings. The molecule has 2 saturated carbocycles. The fourth-order valence-corrected chi connectivity index (χ4v) is 6.67. The normalized spacial score (nSPS) is 41.7. The van der Waals surface area contributed by atoms with Crippen LogP contribution in [0.1, 0.15) is 25.7 Å². The van der Waals surface area contributed by atoms with E-state index in [0.717, 1.165) is 24.7 Å². The Bertz CT molecular complexity index is 227. The van der Waals surface area contributed by atoms with E-state index in [0.29, 0.717) is 9.86 Å². The molecule has 3 rings (SSSR count). The third-order valence-corrected chi connectivity index (χ3v) is 7.11. The van der Waals surface area contributed by atoms with Gasteiger partial charge in [-0.05, 0) is 24.7 Å². The zero-order valence-corrected chi connectivity index (χ0v) is 9.26. The SMILES string of the molecule is O=C1C[C@@H]2CC3(C[C@@H]2C1)SCCS3. The summed E-state index contributed by atoms with van der Waals surface area (Å²) in [7, 11) is 0.